The Morgan fingerprint density at radius 1 is 1.20 bits per heavy atom. The highest BCUT2D eigenvalue weighted by Crippen LogP contribution is 2.09. The zero-order valence-corrected chi connectivity index (χ0v) is 12.0. The normalized spacial score (nSPS) is 18.6. The van der Waals surface area contributed by atoms with Crippen molar-refractivity contribution in [3.05, 3.63) is 29.8 Å². The molecule has 1 aliphatic heterocycles. The van der Waals surface area contributed by atoms with Crippen LogP contribution >= 0.6 is 0 Å². The Morgan fingerprint density at radius 3 is 2.35 bits per heavy atom. The summed E-state index contributed by atoms with van der Waals surface area (Å²) in [6, 6.07) is 7.34. The number of nitrogens with zero attached hydrogens (tertiary/aromatic N) is 1. The number of amides is 1. The van der Waals surface area contributed by atoms with Crippen LogP contribution in [-0.4, -0.2) is 50.4 Å². The third kappa shape index (κ3) is 4.29. The zero-order valence-electron chi connectivity index (χ0n) is 11.2. The summed E-state index contributed by atoms with van der Waals surface area (Å²) in [5.74, 6) is 0.126. The standard InChI is InChI=1S/C13H19N3O3S/c14-9-11-1-3-12(4-2-11)15-13(17)10-16-5-7-20(18,19)8-6-16/h1-4H,5-10,14H2,(H,15,17). The molecule has 1 amide bonds. The summed E-state index contributed by atoms with van der Waals surface area (Å²) >= 11 is 0. The van der Waals surface area contributed by atoms with E-state index in [1.807, 2.05) is 17.0 Å². The van der Waals surface area contributed by atoms with Crippen molar-refractivity contribution in [2.45, 2.75) is 6.54 Å². The van der Waals surface area contributed by atoms with Crippen LogP contribution in [0.5, 0.6) is 0 Å². The van der Waals surface area contributed by atoms with E-state index in [-0.39, 0.29) is 24.0 Å². The lowest BCUT2D eigenvalue weighted by atomic mass is 10.2. The Bertz CT molecular complexity index is 555. The molecule has 3 N–H and O–H groups in total. The Hall–Kier alpha value is -1.44. The van der Waals surface area contributed by atoms with Gasteiger partial charge in [-0.25, -0.2) is 8.42 Å². The molecule has 1 fully saturated rings. The van der Waals surface area contributed by atoms with Crippen LogP contribution in [0, 0.1) is 0 Å². The first-order valence-corrected chi connectivity index (χ1v) is 8.32. The molecule has 0 bridgehead atoms. The van der Waals surface area contributed by atoms with E-state index < -0.39 is 9.84 Å². The van der Waals surface area contributed by atoms with Crippen LogP contribution in [0.25, 0.3) is 0 Å². The molecule has 0 spiro atoms. The number of nitrogens with two attached hydrogens (primary N) is 1. The molecule has 0 radical (unpaired) electrons. The molecule has 0 atom stereocenters. The summed E-state index contributed by atoms with van der Waals surface area (Å²) in [5, 5.41) is 2.79. The van der Waals surface area contributed by atoms with Gasteiger partial charge in [0.2, 0.25) is 5.91 Å². The van der Waals surface area contributed by atoms with Gasteiger partial charge in [0, 0.05) is 25.3 Å². The SMILES string of the molecule is NCc1ccc(NC(=O)CN2CCS(=O)(=O)CC2)cc1. The van der Waals surface area contributed by atoms with Gasteiger partial charge in [0.05, 0.1) is 18.1 Å². The molecule has 20 heavy (non-hydrogen) atoms. The van der Waals surface area contributed by atoms with Crippen LogP contribution in [0.4, 0.5) is 5.69 Å². The molecule has 0 saturated carbocycles. The molecule has 2 rings (SSSR count). The van der Waals surface area contributed by atoms with E-state index in [9.17, 15) is 13.2 Å². The van der Waals surface area contributed by atoms with Gasteiger partial charge in [0.15, 0.2) is 9.84 Å². The molecule has 1 aromatic carbocycles. The first kappa shape index (κ1) is 15.0. The summed E-state index contributed by atoms with van der Waals surface area (Å²) < 4.78 is 22.6. The quantitative estimate of drug-likeness (QED) is 0.804. The van der Waals surface area contributed by atoms with E-state index in [1.54, 1.807) is 12.1 Å². The number of anilines is 1. The highest BCUT2D eigenvalue weighted by atomic mass is 32.2. The van der Waals surface area contributed by atoms with Gasteiger partial charge in [-0.1, -0.05) is 12.1 Å². The summed E-state index contributed by atoms with van der Waals surface area (Å²) in [4.78, 5) is 13.7. The van der Waals surface area contributed by atoms with Crippen LogP contribution in [-0.2, 0) is 21.2 Å². The van der Waals surface area contributed by atoms with E-state index in [4.69, 9.17) is 5.73 Å². The average Bonchev–Trinajstić information content (AvgIpc) is 2.42. The molecule has 1 saturated heterocycles. The molecule has 0 unspecified atom stereocenters. The fraction of sp³-hybridized carbons (Fsp3) is 0.462. The van der Waals surface area contributed by atoms with Crippen molar-refractivity contribution in [3.63, 3.8) is 0 Å². The van der Waals surface area contributed by atoms with Gasteiger partial charge in [-0.2, -0.15) is 0 Å². The van der Waals surface area contributed by atoms with Crippen molar-refractivity contribution in [1.29, 1.82) is 0 Å². The number of sulfone groups is 1. The minimum atomic E-state index is -2.90. The molecule has 1 aromatic rings. The summed E-state index contributed by atoms with van der Waals surface area (Å²) in [6.07, 6.45) is 0. The summed E-state index contributed by atoms with van der Waals surface area (Å²) in [6.45, 7) is 1.52. The van der Waals surface area contributed by atoms with E-state index in [0.717, 1.165) is 11.3 Å². The van der Waals surface area contributed by atoms with Gasteiger partial charge in [-0.15, -0.1) is 0 Å². The molecular weight excluding hydrogens is 278 g/mol. The van der Waals surface area contributed by atoms with Crippen LogP contribution in [0.1, 0.15) is 5.56 Å². The Labute approximate surface area is 118 Å². The molecule has 0 aromatic heterocycles. The molecule has 6 nitrogen and oxygen atoms in total. The van der Waals surface area contributed by atoms with Crippen molar-refractivity contribution >= 4 is 21.4 Å². The predicted molar refractivity (Wildman–Crippen MR) is 78.1 cm³/mol. The van der Waals surface area contributed by atoms with E-state index >= 15 is 0 Å². The number of rotatable bonds is 4. The first-order chi connectivity index (χ1) is 9.48. The molecule has 1 aliphatic rings. The van der Waals surface area contributed by atoms with Crippen molar-refractivity contribution in [2.75, 3.05) is 36.5 Å². The second-order valence-electron chi connectivity index (χ2n) is 4.88. The van der Waals surface area contributed by atoms with Gasteiger partial charge in [-0.3, -0.25) is 9.69 Å². The fourth-order valence-electron chi connectivity index (χ4n) is 2.04. The monoisotopic (exact) mass is 297 g/mol. The average molecular weight is 297 g/mol. The van der Waals surface area contributed by atoms with Crippen molar-refractivity contribution in [1.82, 2.24) is 4.90 Å². The number of hydrogen-bond donors (Lipinski definition) is 2. The number of carbonyl (C=O) groups excluding carboxylic acids is 1. The zero-order chi connectivity index (χ0) is 14.6. The molecule has 110 valence electrons. The van der Waals surface area contributed by atoms with Crippen LogP contribution in [0.2, 0.25) is 0 Å². The van der Waals surface area contributed by atoms with E-state index in [2.05, 4.69) is 5.32 Å². The van der Waals surface area contributed by atoms with Crippen molar-refractivity contribution in [3.8, 4) is 0 Å². The van der Waals surface area contributed by atoms with E-state index in [1.165, 1.54) is 0 Å². The highest BCUT2D eigenvalue weighted by molar-refractivity contribution is 7.91. The fourth-order valence-corrected chi connectivity index (χ4v) is 3.31. The lowest BCUT2D eigenvalue weighted by Gasteiger charge is -2.25. The van der Waals surface area contributed by atoms with Gasteiger partial charge in [0.25, 0.3) is 0 Å². The molecule has 7 heteroatoms. The second kappa shape index (κ2) is 6.34. The van der Waals surface area contributed by atoms with Gasteiger partial charge in [0.1, 0.15) is 0 Å². The smallest absolute Gasteiger partial charge is 0.238 e. The van der Waals surface area contributed by atoms with Gasteiger partial charge in [-0.05, 0) is 17.7 Å². The summed E-state index contributed by atoms with van der Waals surface area (Å²) in [7, 11) is -2.90. The number of carbonyl (C=O) groups is 1. The third-order valence-electron chi connectivity index (χ3n) is 3.28. The maximum absolute atomic E-state index is 11.9. The van der Waals surface area contributed by atoms with Gasteiger partial charge >= 0.3 is 0 Å². The van der Waals surface area contributed by atoms with Crippen molar-refractivity contribution < 1.29 is 13.2 Å². The summed E-state index contributed by atoms with van der Waals surface area (Å²) in [5.41, 5.74) is 7.23. The van der Waals surface area contributed by atoms with Crippen LogP contribution in [0.15, 0.2) is 24.3 Å². The van der Waals surface area contributed by atoms with Crippen molar-refractivity contribution in [2.24, 2.45) is 5.73 Å². The topological polar surface area (TPSA) is 92.5 Å². The third-order valence-corrected chi connectivity index (χ3v) is 4.89. The number of nitrogens with one attached hydrogen (secondary N) is 1. The maximum Gasteiger partial charge on any atom is 0.238 e. The van der Waals surface area contributed by atoms with Crippen LogP contribution in [0.3, 0.4) is 0 Å². The predicted octanol–water partition coefficient (Wildman–Crippen LogP) is -0.186. The van der Waals surface area contributed by atoms with E-state index in [0.29, 0.717) is 19.6 Å². The Kier molecular flexibility index (Phi) is 4.74. The first-order valence-electron chi connectivity index (χ1n) is 6.50. The molecule has 1 heterocycles. The van der Waals surface area contributed by atoms with Crippen LogP contribution < -0.4 is 11.1 Å². The highest BCUT2D eigenvalue weighted by Gasteiger charge is 2.22. The molecule has 0 aliphatic carbocycles. The minimum absolute atomic E-state index is 0.130. The molecular formula is C13H19N3O3S. The minimum Gasteiger partial charge on any atom is -0.326 e. The maximum atomic E-state index is 11.9. The van der Waals surface area contributed by atoms with Gasteiger partial charge < -0.3 is 11.1 Å². The Balaban J connectivity index is 1.83. The number of hydrogen-bond acceptors (Lipinski definition) is 5. The largest absolute Gasteiger partial charge is 0.326 e. The lowest BCUT2D eigenvalue weighted by molar-refractivity contribution is -0.117. The Morgan fingerprint density at radius 2 is 1.80 bits per heavy atom. The number of benzene rings is 1. The lowest BCUT2D eigenvalue weighted by Crippen LogP contribution is -2.43. The second-order valence-corrected chi connectivity index (χ2v) is 7.18.